The molecule has 0 heterocycles. The molecule has 0 bridgehead atoms. The maximum atomic E-state index is 14.0. The summed E-state index contributed by atoms with van der Waals surface area (Å²) < 4.78 is 40.8. The summed E-state index contributed by atoms with van der Waals surface area (Å²) in [7, 11) is 0. The van der Waals surface area contributed by atoms with Crippen molar-refractivity contribution < 1.29 is 13.2 Å². The van der Waals surface area contributed by atoms with Gasteiger partial charge in [-0.25, -0.2) is 13.2 Å². The average molecular weight is 265 g/mol. The molecule has 0 aliphatic rings. The van der Waals surface area contributed by atoms with Gasteiger partial charge in [-0.3, -0.25) is 0 Å². The first-order chi connectivity index (χ1) is 8.90. The van der Waals surface area contributed by atoms with Crippen LogP contribution in [0.15, 0.2) is 30.3 Å². The number of halogens is 3. The Labute approximate surface area is 109 Å². The van der Waals surface area contributed by atoms with Crippen molar-refractivity contribution in [2.24, 2.45) is 5.73 Å². The molecule has 2 N–H and O–H groups in total. The second kappa shape index (κ2) is 5.05. The lowest BCUT2D eigenvalue weighted by atomic mass is 9.93. The zero-order chi connectivity index (χ0) is 14.2. The molecule has 0 aliphatic carbocycles. The van der Waals surface area contributed by atoms with Gasteiger partial charge < -0.3 is 5.73 Å². The summed E-state index contributed by atoms with van der Waals surface area (Å²) in [6.07, 6.45) is 0. The third-order valence-corrected chi connectivity index (χ3v) is 3.08. The molecule has 100 valence electrons. The van der Waals surface area contributed by atoms with Crippen LogP contribution in [0.4, 0.5) is 13.2 Å². The van der Waals surface area contributed by atoms with Crippen LogP contribution in [-0.4, -0.2) is 0 Å². The quantitative estimate of drug-likeness (QED) is 0.878. The van der Waals surface area contributed by atoms with Crippen LogP contribution in [0.5, 0.6) is 0 Å². The van der Waals surface area contributed by atoms with Gasteiger partial charge in [-0.2, -0.15) is 0 Å². The second-order valence-corrected chi connectivity index (χ2v) is 4.62. The SMILES string of the molecule is Cc1cc(C)c(C(N)c2cc(F)ccc2F)c(F)c1. The van der Waals surface area contributed by atoms with Gasteiger partial charge in [-0.15, -0.1) is 0 Å². The maximum Gasteiger partial charge on any atom is 0.128 e. The molecule has 1 atom stereocenters. The van der Waals surface area contributed by atoms with Crippen LogP contribution in [0, 0.1) is 31.3 Å². The molecule has 0 fully saturated rings. The van der Waals surface area contributed by atoms with Crippen molar-refractivity contribution in [1.29, 1.82) is 0 Å². The van der Waals surface area contributed by atoms with E-state index in [0.29, 0.717) is 5.56 Å². The van der Waals surface area contributed by atoms with Gasteiger partial charge in [-0.1, -0.05) is 6.07 Å². The number of rotatable bonds is 2. The van der Waals surface area contributed by atoms with E-state index in [-0.39, 0.29) is 11.1 Å². The predicted octanol–water partition coefficient (Wildman–Crippen LogP) is 3.77. The number of hydrogen-bond donors (Lipinski definition) is 1. The Morgan fingerprint density at radius 1 is 0.947 bits per heavy atom. The van der Waals surface area contributed by atoms with Crippen molar-refractivity contribution in [3.8, 4) is 0 Å². The lowest BCUT2D eigenvalue weighted by Gasteiger charge is -2.17. The minimum atomic E-state index is -1.03. The lowest BCUT2D eigenvalue weighted by molar-refractivity contribution is 0.561. The van der Waals surface area contributed by atoms with Crippen LogP contribution in [0.2, 0.25) is 0 Å². The number of nitrogens with two attached hydrogens (primary N) is 1. The van der Waals surface area contributed by atoms with E-state index < -0.39 is 23.5 Å². The van der Waals surface area contributed by atoms with Crippen LogP contribution in [-0.2, 0) is 0 Å². The van der Waals surface area contributed by atoms with Gasteiger partial charge in [-0.05, 0) is 49.2 Å². The molecule has 2 aromatic carbocycles. The Hall–Kier alpha value is -1.81. The molecule has 1 unspecified atom stereocenters. The maximum absolute atomic E-state index is 14.0. The van der Waals surface area contributed by atoms with Crippen molar-refractivity contribution >= 4 is 0 Å². The van der Waals surface area contributed by atoms with E-state index >= 15 is 0 Å². The Kier molecular flexibility index (Phi) is 3.62. The van der Waals surface area contributed by atoms with Crippen LogP contribution in [0.3, 0.4) is 0 Å². The summed E-state index contributed by atoms with van der Waals surface area (Å²) in [5.41, 5.74) is 7.41. The molecular formula is C15H14F3N. The van der Waals surface area contributed by atoms with Gasteiger partial charge in [0.25, 0.3) is 0 Å². The van der Waals surface area contributed by atoms with Crippen molar-refractivity contribution in [2.75, 3.05) is 0 Å². The highest BCUT2D eigenvalue weighted by Gasteiger charge is 2.20. The molecule has 0 saturated heterocycles. The smallest absolute Gasteiger partial charge is 0.128 e. The monoisotopic (exact) mass is 265 g/mol. The topological polar surface area (TPSA) is 26.0 Å². The van der Waals surface area contributed by atoms with Crippen LogP contribution < -0.4 is 5.73 Å². The van der Waals surface area contributed by atoms with E-state index in [9.17, 15) is 13.2 Å². The van der Waals surface area contributed by atoms with E-state index in [1.54, 1.807) is 19.9 Å². The minimum absolute atomic E-state index is 0.0501. The normalized spacial score (nSPS) is 12.5. The summed E-state index contributed by atoms with van der Waals surface area (Å²) >= 11 is 0. The zero-order valence-corrected chi connectivity index (χ0v) is 10.7. The fourth-order valence-electron chi connectivity index (χ4n) is 2.23. The van der Waals surface area contributed by atoms with E-state index in [1.807, 2.05) is 0 Å². The van der Waals surface area contributed by atoms with Gasteiger partial charge in [0, 0.05) is 11.1 Å². The highest BCUT2D eigenvalue weighted by Crippen LogP contribution is 2.28. The average Bonchev–Trinajstić information content (AvgIpc) is 2.30. The van der Waals surface area contributed by atoms with E-state index in [1.165, 1.54) is 6.07 Å². The second-order valence-electron chi connectivity index (χ2n) is 4.62. The van der Waals surface area contributed by atoms with Gasteiger partial charge in [0.2, 0.25) is 0 Å². The predicted molar refractivity (Wildman–Crippen MR) is 68.3 cm³/mol. The largest absolute Gasteiger partial charge is 0.320 e. The molecule has 0 spiro atoms. The Balaban J connectivity index is 2.56. The third-order valence-electron chi connectivity index (χ3n) is 3.08. The molecule has 0 radical (unpaired) electrons. The van der Waals surface area contributed by atoms with E-state index in [0.717, 1.165) is 23.8 Å². The highest BCUT2D eigenvalue weighted by molar-refractivity contribution is 5.40. The molecule has 4 heteroatoms. The van der Waals surface area contributed by atoms with Crippen molar-refractivity contribution in [1.82, 2.24) is 0 Å². The number of benzene rings is 2. The first-order valence-electron chi connectivity index (χ1n) is 5.87. The Bertz CT molecular complexity index is 600. The number of aryl methyl sites for hydroxylation is 2. The van der Waals surface area contributed by atoms with Gasteiger partial charge in [0.1, 0.15) is 17.5 Å². The highest BCUT2D eigenvalue weighted by atomic mass is 19.1. The molecule has 0 aromatic heterocycles. The summed E-state index contributed by atoms with van der Waals surface area (Å²) in [5.74, 6) is -1.75. The van der Waals surface area contributed by atoms with Crippen molar-refractivity contribution in [2.45, 2.75) is 19.9 Å². The summed E-state index contributed by atoms with van der Waals surface area (Å²) in [4.78, 5) is 0. The van der Waals surface area contributed by atoms with Crippen LogP contribution in [0.1, 0.15) is 28.3 Å². The standard InChI is InChI=1S/C15H14F3N/c1-8-5-9(2)14(13(18)6-8)15(19)11-7-10(16)3-4-12(11)17/h3-7,15H,19H2,1-2H3. The summed E-state index contributed by atoms with van der Waals surface area (Å²) in [6.45, 7) is 3.45. The molecule has 0 amide bonds. The van der Waals surface area contributed by atoms with E-state index in [2.05, 4.69) is 0 Å². The molecule has 19 heavy (non-hydrogen) atoms. The fraction of sp³-hybridized carbons (Fsp3) is 0.200. The molecule has 2 aromatic rings. The van der Waals surface area contributed by atoms with Crippen LogP contribution in [0.25, 0.3) is 0 Å². The van der Waals surface area contributed by atoms with Gasteiger partial charge in [0.15, 0.2) is 0 Å². The Morgan fingerprint density at radius 3 is 2.26 bits per heavy atom. The van der Waals surface area contributed by atoms with Crippen LogP contribution >= 0.6 is 0 Å². The first kappa shape index (κ1) is 13.6. The first-order valence-corrected chi connectivity index (χ1v) is 5.87. The zero-order valence-electron chi connectivity index (χ0n) is 10.7. The van der Waals surface area contributed by atoms with Gasteiger partial charge >= 0.3 is 0 Å². The fourth-order valence-corrected chi connectivity index (χ4v) is 2.23. The molecule has 1 nitrogen and oxygen atoms in total. The van der Waals surface area contributed by atoms with Gasteiger partial charge in [0.05, 0.1) is 6.04 Å². The molecule has 0 saturated carbocycles. The van der Waals surface area contributed by atoms with Crippen molar-refractivity contribution in [3.63, 3.8) is 0 Å². The van der Waals surface area contributed by atoms with Crippen molar-refractivity contribution in [3.05, 3.63) is 70.0 Å². The Morgan fingerprint density at radius 2 is 1.63 bits per heavy atom. The molecule has 0 aliphatic heterocycles. The molecule has 2 rings (SSSR count). The number of hydrogen-bond acceptors (Lipinski definition) is 1. The summed E-state index contributed by atoms with van der Waals surface area (Å²) in [5, 5.41) is 0. The summed E-state index contributed by atoms with van der Waals surface area (Å²) in [6, 6.07) is 5.06. The lowest BCUT2D eigenvalue weighted by Crippen LogP contribution is -2.17. The van der Waals surface area contributed by atoms with E-state index in [4.69, 9.17) is 5.73 Å². The molecular weight excluding hydrogens is 251 g/mol. The minimum Gasteiger partial charge on any atom is -0.320 e. The third kappa shape index (κ3) is 2.63.